The van der Waals surface area contributed by atoms with E-state index in [0.29, 0.717) is 22.5 Å². The molecule has 0 amide bonds. The van der Waals surface area contributed by atoms with Crippen LogP contribution in [0.3, 0.4) is 0 Å². The number of anilines is 3. The second-order valence-electron chi connectivity index (χ2n) is 5.81. The lowest BCUT2D eigenvalue weighted by Crippen LogP contribution is -2.13. The van der Waals surface area contributed by atoms with Gasteiger partial charge in [-0.15, -0.1) is 0 Å². The first-order valence-electron chi connectivity index (χ1n) is 8.64. The summed E-state index contributed by atoms with van der Waals surface area (Å²) >= 11 is 0. The number of ether oxygens (including phenoxy) is 1. The predicted molar refractivity (Wildman–Crippen MR) is 106 cm³/mol. The van der Waals surface area contributed by atoms with Gasteiger partial charge < -0.3 is 10.1 Å². The second-order valence-corrected chi connectivity index (χ2v) is 5.81. The van der Waals surface area contributed by atoms with Crippen molar-refractivity contribution in [3.63, 3.8) is 0 Å². The van der Waals surface area contributed by atoms with E-state index in [1.165, 1.54) is 24.3 Å². The van der Waals surface area contributed by atoms with Crippen molar-refractivity contribution < 1.29 is 13.9 Å². The van der Waals surface area contributed by atoms with E-state index in [2.05, 4.69) is 26.8 Å². The van der Waals surface area contributed by atoms with Crippen LogP contribution in [0, 0.1) is 17.1 Å². The molecule has 0 atom stereocenters. The molecule has 0 aliphatic carbocycles. The van der Waals surface area contributed by atoms with Crippen molar-refractivity contribution in [1.29, 1.82) is 5.26 Å². The highest BCUT2D eigenvalue weighted by atomic mass is 19.1. The van der Waals surface area contributed by atoms with E-state index in [4.69, 9.17) is 10.6 Å². The van der Waals surface area contributed by atoms with Crippen LogP contribution in [0.15, 0.2) is 48.5 Å². The number of nitriles is 1. The summed E-state index contributed by atoms with van der Waals surface area (Å²) < 4.78 is 18.2. The highest BCUT2D eigenvalue weighted by Gasteiger charge is 2.16. The van der Waals surface area contributed by atoms with Gasteiger partial charge in [-0.25, -0.2) is 20.0 Å². The molecular weight excluding hydrogens is 375 g/mol. The van der Waals surface area contributed by atoms with Crippen molar-refractivity contribution in [2.45, 2.75) is 6.92 Å². The number of nitrogens with two attached hydrogens (primary N) is 1. The number of nitrogens with one attached hydrogen (secondary N) is 2. The van der Waals surface area contributed by atoms with Crippen LogP contribution >= 0.6 is 0 Å². The van der Waals surface area contributed by atoms with Gasteiger partial charge in [-0.3, -0.25) is 5.43 Å². The summed E-state index contributed by atoms with van der Waals surface area (Å²) in [7, 11) is 0. The van der Waals surface area contributed by atoms with E-state index in [9.17, 15) is 14.4 Å². The van der Waals surface area contributed by atoms with E-state index in [1.54, 1.807) is 31.2 Å². The Morgan fingerprint density at radius 1 is 1.17 bits per heavy atom. The van der Waals surface area contributed by atoms with E-state index in [-0.39, 0.29) is 23.9 Å². The molecule has 146 valence electrons. The van der Waals surface area contributed by atoms with Crippen LogP contribution < -0.4 is 16.6 Å². The van der Waals surface area contributed by atoms with Gasteiger partial charge in [0.2, 0.25) is 5.95 Å². The Morgan fingerprint density at radius 2 is 1.86 bits per heavy atom. The third kappa shape index (κ3) is 4.45. The lowest BCUT2D eigenvalue weighted by atomic mass is 10.1. The monoisotopic (exact) mass is 392 g/mol. The molecule has 0 aliphatic heterocycles. The first-order valence-corrected chi connectivity index (χ1v) is 8.64. The Labute approximate surface area is 166 Å². The average molecular weight is 392 g/mol. The molecule has 0 saturated carbocycles. The smallest absolute Gasteiger partial charge is 0.338 e. The van der Waals surface area contributed by atoms with Crippen molar-refractivity contribution in [3.8, 4) is 17.3 Å². The minimum absolute atomic E-state index is 0.0777. The molecular formula is C20H17FN6O2. The zero-order chi connectivity index (χ0) is 20.8. The van der Waals surface area contributed by atoms with Crippen molar-refractivity contribution >= 4 is 23.4 Å². The minimum Gasteiger partial charge on any atom is -0.462 e. The summed E-state index contributed by atoms with van der Waals surface area (Å²) in [4.78, 5) is 20.2. The molecule has 9 heteroatoms. The number of hydrogen-bond donors (Lipinski definition) is 3. The van der Waals surface area contributed by atoms with Crippen LogP contribution in [-0.2, 0) is 4.74 Å². The van der Waals surface area contributed by atoms with E-state index < -0.39 is 11.8 Å². The van der Waals surface area contributed by atoms with Crippen LogP contribution in [0.2, 0.25) is 0 Å². The molecule has 0 fully saturated rings. The van der Waals surface area contributed by atoms with Gasteiger partial charge in [0.05, 0.1) is 17.9 Å². The number of nitrogens with zero attached hydrogens (tertiary/aromatic N) is 3. The number of aromatic nitrogens is 2. The van der Waals surface area contributed by atoms with Crippen LogP contribution in [0.1, 0.15) is 22.8 Å². The van der Waals surface area contributed by atoms with E-state index in [1.807, 2.05) is 0 Å². The van der Waals surface area contributed by atoms with E-state index in [0.717, 1.165) is 0 Å². The van der Waals surface area contributed by atoms with Gasteiger partial charge in [0.1, 0.15) is 17.4 Å². The Morgan fingerprint density at radius 3 is 2.45 bits per heavy atom. The molecule has 1 aromatic heterocycles. The van der Waals surface area contributed by atoms with Gasteiger partial charge in [-0.2, -0.15) is 10.2 Å². The molecule has 0 radical (unpaired) electrons. The maximum absolute atomic E-state index is 13.3. The minimum atomic E-state index is -0.424. The lowest BCUT2D eigenvalue weighted by molar-refractivity contribution is 0.0526. The molecule has 2 aromatic carbocycles. The fraction of sp³-hybridized carbons (Fsp3) is 0.100. The molecule has 0 bridgehead atoms. The van der Waals surface area contributed by atoms with Crippen molar-refractivity contribution in [1.82, 2.24) is 9.97 Å². The molecule has 0 saturated heterocycles. The second kappa shape index (κ2) is 8.77. The highest BCUT2D eigenvalue weighted by Crippen LogP contribution is 2.29. The summed E-state index contributed by atoms with van der Waals surface area (Å²) in [6.07, 6.45) is 0. The Bertz CT molecular complexity index is 1060. The third-order valence-electron chi connectivity index (χ3n) is 3.93. The number of carbonyl (C=O) groups excluding carboxylic acids is 1. The Hall–Kier alpha value is -4.03. The topological polar surface area (TPSA) is 126 Å². The molecule has 0 spiro atoms. The fourth-order valence-corrected chi connectivity index (χ4v) is 2.58. The molecule has 4 N–H and O–H groups in total. The number of carbonyl (C=O) groups is 1. The van der Waals surface area contributed by atoms with E-state index >= 15 is 0 Å². The molecule has 0 aliphatic rings. The normalized spacial score (nSPS) is 10.1. The third-order valence-corrected chi connectivity index (χ3v) is 3.93. The zero-order valence-corrected chi connectivity index (χ0v) is 15.4. The fourth-order valence-electron chi connectivity index (χ4n) is 2.58. The van der Waals surface area contributed by atoms with Crippen molar-refractivity contribution in [2.75, 3.05) is 17.3 Å². The zero-order valence-electron chi connectivity index (χ0n) is 15.4. The molecule has 29 heavy (non-hydrogen) atoms. The van der Waals surface area contributed by atoms with Gasteiger partial charge in [0.15, 0.2) is 5.82 Å². The largest absolute Gasteiger partial charge is 0.462 e. The maximum Gasteiger partial charge on any atom is 0.338 e. The first-order chi connectivity index (χ1) is 14.0. The van der Waals surface area contributed by atoms with Gasteiger partial charge >= 0.3 is 5.97 Å². The molecule has 1 heterocycles. The summed E-state index contributed by atoms with van der Waals surface area (Å²) in [5, 5.41) is 12.7. The van der Waals surface area contributed by atoms with Gasteiger partial charge in [0, 0.05) is 11.3 Å². The highest BCUT2D eigenvalue weighted by molar-refractivity contribution is 5.90. The first kappa shape index (κ1) is 19.7. The number of esters is 1. The van der Waals surface area contributed by atoms with Crippen molar-refractivity contribution in [2.24, 2.45) is 5.84 Å². The van der Waals surface area contributed by atoms with Gasteiger partial charge in [-0.1, -0.05) is 0 Å². The number of rotatable bonds is 6. The molecule has 8 nitrogen and oxygen atoms in total. The Kier molecular flexibility index (Phi) is 5.97. The average Bonchev–Trinajstić information content (AvgIpc) is 2.74. The number of halogens is 1. The molecule has 3 rings (SSSR count). The SMILES string of the molecule is CCOC(=O)c1ccc(Nc2nc(NN)nc(-c3ccc(F)cc3)c2C#N)cc1. The summed E-state index contributed by atoms with van der Waals surface area (Å²) in [6, 6.07) is 14.1. The quantitative estimate of drug-likeness (QED) is 0.331. The number of hydrogen-bond acceptors (Lipinski definition) is 8. The maximum atomic E-state index is 13.3. The van der Waals surface area contributed by atoms with Crippen molar-refractivity contribution in [3.05, 3.63) is 65.5 Å². The summed E-state index contributed by atoms with van der Waals surface area (Å²) in [5.41, 5.74) is 4.32. The summed E-state index contributed by atoms with van der Waals surface area (Å²) in [5.74, 6) is 4.92. The van der Waals surface area contributed by atoms with Gasteiger partial charge in [-0.05, 0) is 55.5 Å². The van der Waals surface area contributed by atoms with Crippen LogP contribution in [0.5, 0.6) is 0 Å². The number of hydrazine groups is 1. The molecule has 3 aromatic rings. The number of nitrogen functional groups attached to an aromatic ring is 1. The standard InChI is InChI=1S/C20H17FN6O2/c1-2-29-19(28)13-5-9-15(10-6-13)24-18-16(11-22)17(25-20(26-18)27-23)12-3-7-14(21)8-4-12/h3-10H,2,23H2,1H3,(H2,24,25,26,27). The summed E-state index contributed by atoms with van der Waals surface area (Å²) in [6.45, 7) is 2.01. The molecule has 0 unspecified atom stereocenters. The van der Waals surface area contributed by atoms with Crippen LogP contribution in [0.4, 0.5) is 21.8 Å². The predicted octanol–water partition coefficient (Wildman–Crippen LogP) is 3.36. The van der Waals surface area contributed by atoms with Crippen LogP contribution in [-0.4, -0.2) is 22.5 Å². The van der Waals surface area contributed by atoms with Gasteiger partial charge in [0.25, 0.3) is 0 Å². The lowest BCUT2D eigenvalue weighted by Gasteiger charge is -2.13. The van der Waals surface area contributed by atoms with Crippen LogP contribution in [0.25, 0.3) is 11.3 Å². The number of benzene rings is 2. The Balaban J connectivity index is 1.98.